The first-order valence-electron chi connectivity index (χ1n) is 8.54. The molecule has 2 aromatic rings. The van der Waals surface area contributed by atoms with Crippen molar-refractivity contribution in [1.29, 1.82) is 0 Å². The Morgan fingerprint density at radius 2 is 1.68 bits per heavy atom. The van der Waals surface area contributed by atoms with E-state index in [-0.39, 0.29) is 17.2 Å². The Labute approximate surface area is 165 Å². The van der Waals surface area contributed by atoms with Crippen LogP contribution in [0.15, 0.2) is 47.4 Å². The van der Waals surface area contributed by atoms with Gasteiger partial charge in [0.25, 0.3) is 5.91 Å². The maximum atomic E-state index is 12.3. The molecule has 0 bridgehead atoms. The van der Waals surface area contributed by atoms with Crippen LogP contribution in [0.2, 0.25) is 0 Å². The standard InChI is InChI=1S/C19H24N2O6S/c1-5-26-17-8-6-7-9-18(17)27-13-19(22)20-15-12-14(10-11-16(15)25-4)28(23,24)21(2)3/h6-12H,5,13H2,1-4H3,(H,20,22). The Balaban J connectivity index is 2.15. The monoisotopic (exact) mass is 408 g/mol. The van der Waals surface area contributed by atoms with Crippen LogP contribution in [0.4, 0.5) is 5.69 Å². The summed E-state index contributed by atoms with van der Waals surface area (Å²) in [6, 6.07) is 11.3. The van der Waals surface area contributed by atoms with Gasteiger partial charge in [0.2, 0.25) is 10.0 Å². The number of sulfonamides is 1. The SMILES string of the molecule is CCOc1ccccc1OCC(=O)Nc1cc(S(=O)(=O)N(C)C)ccc1OC. The Morgan fingerprint density at radius 3 is 2.25 bits per heavy atom. The number of nitrogens with one attached hydrogen (secondary N) is 1. The fraction of sp³-hybridized carbons (Fsp3) is 0.316. The van der Waals surface area contributed by atoms with E-state index in [1.807, 2.05) is 6.92 Å². The minimum atomic E-state index is -3.65. The molecule has 0 aliphatic heterocycles. The van der Waals surface area contributed by atoms with Crippen molar-refractivity contribution in [2.24, 2.45) is 0 Å². The Morgan fingerprint density at radius 1 is 1.04 bits per heavy atom. The molecule has 28 heavy (non-hydrogen) atoms. The lowest BCUT2D eigenvalue weighted by Gasteiger charge is -2.15. The minimum Gasteiger partial charge on any atom is -0.495 e. The first kappa shape index (κ1) is 21.5. The molecule has 1 N–H and O–H groups in total. The molecule has 2 rings (SSSR count). The van der Waals surface area contributed by atoms with Gasteiger partial charge < -0.3 is 19.5 Å². The molecule has 0 radical (unpaired) electrons. The van der Waals surface area contributed by atoms with Gasteiger partial charge in [-0.05, 0) is 37.3 Å². The highest BCUT2D eigenvalue weighted by Crippen LogP contribution is 2.29. The molecule has 152 valence electrons. The van der Waals surface area contributed by atoms with Crippen LogP contribution in [0.1, 0.15) is 6.92 Å². The van der Waals surface area contributed by atoms with Crippen LogP contribution in [0.25, 0.3) is 0 Å². The molecule has 0 fully saturated rings. The summed E-state index contributed by atoms with van der Waals surface area (Å²) in [7, 11) is 0.646. The number of para-hydroxylation sites is 2. The maximum Gasteiger partial charge on any atom is 0.262 e. The summed E-state index contributed by atoms with van der Waals surface area (Å²) < 4.78 is 41.9. The molecule has 2 aromatic carbocycles. The van der Waals surface area contributed by atoms with E-state index in [1.54, 1.807) is 24.3 Å². The number of ether oxygens (including phenoxy) is 3. The normalized spacial score (nSPS) is 11.2. The topological polar surface area (TPSA) is 94.2 Å². The fourth-order valence-electron chi connectivity index (χ4n) is 2.33. The zero-order chi connectivity index (χ0) is 20.7. The predicted octanol–water partition coefficient (Wildman–Crippen LogP) is 2.36. The minimum absolute atomic E-state index is 0.0382. The third-order valence-corrected chi connectivity index (χ3v) is 5.54. The first-order chi connectivity index (χ1) is 13.3. The van der Waals surface area contributed by atoms with Crippen LogP contribution >= 0.6 is 0 Å². The van der Waals surface area contributed by atoms with Crippen molar-refractivity contribution in [2.45, 2.75) is 11.8 Å². The lowest BCUT2D eigenvalue weighted by Crippen LogP contribution is -2.23. The zero-order valence-electron chi connectivity index (χ0n) is 16.3. The molecule has 0 atom stereocenters. The van der Waals surface area contributed by atoms with E-state index in [0.29, 0.717) is 23.9 Å². The van der Waals surface area contributed by atoms with Crippen molar-refractivity contribution in [3.05, 3.63) is 42.5 Å². The first-order valence-corrected chi connectivity index (χ1v) is 9.98. The summed E-state index contributed by atoms with van der Waals surface area (Å²) in [5.41, 5.74) is 0.233. The highest BCUT2D eigenvalue weighted by molar-refractivity contribution is 7.89. The van der Waals surface area contributed by atoms with Crippen LogP contribution in [-0.4, -0.2) is 53.0 Å². The van der Waals surface area contributed by atoms with Gasteiger partial charge in [0.1, 0.15) is 5.75 Å². The van der Waals surface area contributed by atoms with Gasteiger partial charge in [-0.2, -0.15) is 0 Å². The second-order valence-electron chi connectivity index (χ2n) is 5.87. The predicted molar refractivity (Wildman–Crippen MR) is 106 cm³/mol. The summed E-state index contributed by atoms with van der Waals surface area (Å²) in [4.78, 5) is 12.4. The van der Waals surface area contributed by atoms with Gasteiger partial charge in [-0.3, -0.25) is 4.79 Å². The van der Waals surface area contributed by atoms with Crippen LogP contribution in [0.3, 0.4) is 0 Å². The number of hydrogen-bond acceptors (Lipinski definition) is 6. The van der Waals surface area contributed by atoms with Crippen molar-refractivity contribution in [3.8, 4) is 17.2 Å². The lowest BCUT2D eigenvalue weighted by atomic mass is 10.3. The third kappa shape index (κ3) is 5.14. The van der Waals surface area contributed by atoms with E-state index in [4.69, 9.17) is 14.2 Å². The molecular formula is C19H24N2O6S. The Kier molecular flexibility index (Phi) is 7.24. The van der Waals surface area contributed by atoms with E-state index in [1.165, 1.54) is 39.4 Å². The molecule has 0 aliphatic rings. The molecule has 0 saturated carbocycles. The number of amides is 1. The second-order valence-corrected chi connectivity index (χ2v) is 8.02. The summed E-state index contributed by atoms with van der Waals surface area (Å²) in [5.74, 6) is 0.842. The van der Waals surface area contributed by atoms with E-state index in [9.17, 15) is 13.2 Å². The maximum absolute atomic E-state index is 12.3. The van der Waals surface area contributed by atoms with Crippen LogP contribution in [0.5, 0.6) is 17.2 Å². The highest BCUT2D eigenvalue weighted by atomic mass is 32.2. The fourth-order valence-corrected chi connectivity index (χ4v) is 3.26. The molecule has 0 aromatic heterocycles. The molecule has 8 nitrogen and oxygen atoms in total. The molecule has 1 amide bonds. The number of anilines is 1. The van der Waals surface area contributed by atoms with Crippen molar-refractivity contribution >= 4 is 21.6 Å². The molecule has 9 heteroatoms. The van der Waals surface area contributed by atoms with Gasteiger partial charge in [-0.15, -0.1) is 0 Å². The average molecular weight is 408 g/mol. The van der Waals surface area contributed by atoms with Crippen molar-refractivity contribution < 1.29 is 27.4 Å². The third-order valence-electron chi connectivity index (χ3n) is 3.73. The van der Waals surface area contributed by atoms with Gasteiger partial charge in [-0.1, -0.05) is 12.1 Å². The number of methoxy groups -OCH3 is 1. The summed E-state index contributed by atoms with van der Waals surface area (Å²) >= 11 is 0. The van der Waals surface area contributed by atoms with E-state index in [0.717, 1.165) is 4.31 Å². The zero-order valence-corrected chi connectivity index (χ0v) is 17.1. The largest absolute Gasteiger partial charge is 0.495 e. The van der Waals surface area contributed by atoms with Gasteiger partial charge in [0.15, 0.2) is 18.1 Å². The molecule has 0 unspecified atom stereocenters. The van der Waals surface area contributed by atoms with E-state index >= 15 is 0 Å². The van der Waals surface area contributed by atoms with Crippen molar-refractivity contribution in [1.82, 2.24) is 4.31 Å². The molecular weight excluding hydrogens is 384 g/mol. The van der Waals surface area contributed by atoms with Crippen molar-refractivity contribution in [2.75, 3.05) is 39.7 Å². The molecule has 0 saturated heterocycles. The van der Waals surface area contributed by atoms with Crippen LogP contribution in [-0.2, 0) is 14.8 Å². The van der Waals surface area contributed by atoms with Crippen LogP contribution in [0, 0.1) is 0 Å². The quantitative estimate of drug-likeness (QED) is 0.685. The Hall–Kier alpha value is -2.78. The molecule has 0 heterocycles. The number of benzene rings is 2. The second kappa shape index (κ2) is 9.43. The van der Waals surface area contributed by atoms with Gasteiger partial charge >= 0.3 is 0 Å². The van der Waals surface area contributed by atoms with Gasteiger partial charge in [0, 0.05) is 14.1 Å². The van der Waals surface area contributed by atoms with Gasteiger partial charge in [0.05, 0.1) is 24.3 Å². The van der Waals surface area contributed by atoms with E-state index < -0.39 is 15.9 Å². The summed E-state index contributed by atoms with van der Waals surface area (Å²) in [5, 5.41) is 2.62. The van der Waals surface area contributed by atoms with E-state index in [2.05, 4.69) is 5.32 Å². The lowest BCUT2D eigenvalue weighted by molar-refractivity contribution is -0.118. The van der Waals surface area contributed by atoms with Gasteiger partial charge in [-0.25, -0.2) is 12.7 Å². The number of nitrogens with zero attached hydrogens (tertiary/aromatic N) is 1. The number of carbonyl (C=O) groups excluding carboxylic acids is 1. The van der Waals surface area contributed by atoms with Crippen molar-refractivity contribution in [3.63, 3.8) is 0 Å². The Bertz CT molecular complexity index is 928. The average Bonchev–Trinajstić information content (AvgIpc) is 2.67. The molecule has 0 spiro atoms. The number of carbonyl (C=O) groups is 1. The summed E-state index contributed by atoms with van der Waals surface area (Å²) in [6.07, 6.45) is 0. The summed E-state index contributed by atoms with van der Waals surface area (Å²) in [6.45, 7) is 2.04. The van der Waals surface area contributed by atoms with Crippen LogP contribution < -0.4 is 19.5 Å². The number of rotatable bonds is 9. The highest BCUT2D eigenvalue weighted by Gasteiger charge is 2.20. The smallest absolute Gasteiger partial charge is 0.262 e. The number of hydrogen-bond donors (Lipinski definition) is 1. The molecule has 0 aliphatic carbocycles.